The van der Waals surface area contributed by atoms with E-state index in [1.54, 1.807) is 0 Å². The van der Waals surface area contributed by atoms with Crippen LogP contribution in [0, 0.1) is 5.92 Å². The van der Waals surface area contributed by atoms with Gasteiger partial charge in [-0.15, -0.1) is 0 Å². The fraction of sp³-hybridized carbons (Fsp3) is 0.933. The molecular formula is C15H20F8O5S. The predicted octanol–water partition coefficient (Wildman–Crippen LogP) is 3.67. The number of ether oxygens (including phenoxy) is 2. The van der Waals surface area contributed by atoms with Crippen molar-refractivity contribution >= 4 is 15.8 Å². The second-order valence-electron chi connectivity index (χ2n) is 6.78. The Hall–Kier alpha value is -1.18. The molecule has 0 amide bonds. The summed E-state index contributed by atoms with van der Waals surface area (Å²) in [6, 6.07) is 0. The van der Waals surface area contributed by atoms with E-state index in [2.05, 4.69) is 4.74 Å². The van der Waals surface area contributed by atoms with Gasteiger partial charge in [0.2, 0.25) is 0 Å². The van der Waals surface area contributed by atoms with Crippen molar-refractivity contribution in [2.75, 3.05) is 24.7 Å². The topological polar surface area (TPSA) is 69.7 Å². The maximum atomic E-state index is 13.8. The number of alkyl halides is 8. The summed E-state index contributed by atoms with van der Waals surface area (Å²) in [6.07, 6.45) is -17.4. The first-order chi connectivity index (χ1) is 13.0. The fourth-order valence-corrected chi connectivity index (χ4v) is 4.24. The van der Waals surface area contributed by atoms with Crippen LogP contribution in [0.3, 0.4) is 0 Å². The molecule has 1 aliphatic rings. The summed E-state index contributed by atoms with van der Waals surface area (Å²) < 4.78 is 132. The van der Waals surface area contributed by atoms with Crippen LogP contribution in [0.2, 0.25) is 0 Å². The summed E-state index contributed by atoms with van der Waals surface area (Å²) in [5.41, 5.74) is 0. The summed E-state index contributed by atoms with van der Waals surface area (Å²) in [5.74, 6) is -7.07. The van der Waals surface area contributed by atoms with Crippen molar-refractivity contribution in [3.05, 3.63) is 0 Å². The normalized spacial score (nSPS) is 19.7. The molecule has 0 aromatic heterocycles. The summed E-state index contributed by atoms with van der Waals surface area (Å²) in [6.45, 7) is -1.50. The van der Waals surface area contributed by atoms with Gasteiger partial charge in [0.15, 0.2) is 6.10 Å². The van der Waals surface area contributed by atoms with Crippen molar-refractivity contribution < 1.29 is 57.8 Å². The third-order valence-corrected chi connectivity index (χ3v) is 5.85. The van der Waals surface area contributed by atoms with Crippen LogP contribution in [0.25, 0.3) is 0 Å². The first-order valence-electron chi connectivity index (χ1n) is 8.48. The molecule has 0 saturated carbocycles. The molecule has 14 heteroatoms. The standard InChI is InChI=1S/C15H20F8O5S/c16-13(17,9-15(21,22)23)11(28-12(24)7-14(18,19)20)8-27-4-1-10-2-5-29(25,26)6-3-10/h10-11H,1-9H2. The van der Waals surface area contributed by atoms with Crippen molar-refractivity contribution in [3.8, 4) is 0 Å². The summed E-state index contributed by atoms with van der Waals surface area (Å²) in [4.78, 5) is 11.2. The van der Waals surface area contributed by atoms with Gasteiger partial charge in [0.25, 0.3) is 5.92 Å². The number of carbonyl (C=O) groups is 1. The Bertz CT molecular complexity index is 630. The van der Waals surface area contributed by atoms with Crippen LogP contribution in [0.4, 0.5) is 35.1 Å². The molecule has 0 aromatic carbocycles. The van der Waals surface area contributed by atoms with Gasteiger partial charge in [0.05, 0.1) is 18.1 Å². The van der Waals surface area contributed by atoms with Crippen LogP contribution in [-0.2, 0) is 24.1 Å². The third-order valence-electron chi connectivity index (χ3n) is 4.14. The highest BCUT2D eigenvalue weighted by molar-refractivity contribution is 7.91. The lowest BCUT2D eigenvalue weighted by molar-refractivity contribution is -0.234. The number of halogens is 8. The minimum absolute atomic E-state index is 0.0565. The lowest BCUT2D eigenvalue weighted by Crippen LogP contribution is -2.44. The quantitative estimate of drug-likeness (QED) is 0.296. The second kappa shape index (κ2) is 9.75. The molecule has 0 spiro atoms. The zero-order chi connectivity index (χ0) is 22.5. The molecule has 0 aliphatic carbocycles. The summed E-state index contributed by atoms with van der Waals surface area (Å²) in [5, 5.41) is 0. The van der Waals surface area contributed by atoms with E-state index in [0.717, 1.165) is 0 Å². The molecule has 1 heterocycles. The number of sulfone groups is 1. The minimum Gasteiger partial charge on any atom is -0.453 e. The summed E-state index contributed by atoms with van der Waals surface area (Å²) in [7, 11) is -3.12. The Morgan fingerprint density at radius 1 is 0.966 bits per heavy atom. The lowest BCUT2D eigenvalue weighted by atomic mass is 9.99. The van der Waals surface area contributed by atoms with E-state index in [0.29, 0.717) is 12.8 Å². The van der Waals surface area contributed by atoms with Crippen LogP contribution >= 0.6 is 0 Å². The molecule has 29 heavy (non-hydrogen) atoms. The van der Waals surface area contributed by atoms with E-state index in [9.17, 15) is 48.3 Å². The van der Waals surface area contributed by atoms with Gasteiger partial charge in [0.1, 0.15) is 22.7 Å². The zero-order valence-electron chi connectivity index (χ0n) is 15.0. The number of hydrogen-bond donors (Lipinski definition) is 0. The number of carbonyl (C=O) groups excluding carboxylic acids is 1. The highest BCUT2D eigenvalue weighted by atomic mass is 32.2. The molecule has 0 bridgehead atoms. The highest BCUT2D eigenvalue weighted by Gasteiger charge is 2.51. The van der Waals surface area contributed by atoms with Crippen molar-refractivity contribution in [2.24, 2.45) is 5.92 Å². The van der Waals surface area contributed by atoms with Crippen molar-refractivity contribution in [1.29, 1.82) is 0 Å². The Labute approximate surface area is 161 Å². The second-order valence-corrected chi connectivity index (χ2v) is 9.09. The Kier molecular flexibility index (Phi) is 8.69. The van der Waals surface area contributed by atoms with E-state index < -0.39 is 59.6 Å². The molecular weight excluding hydrogens is 444 g/mol. The van der Waals surface area contributed by atoms with Gasteiger partial charge in [-0.2, -0.15) is 26.3 Å². The van der Waals surface area contributed by atoms with E-state index in [-0.39, 0.29) is 30.5 Å². The molecule has 0 aromatic rings. The molecule has 0 N–H and O–H groups in total. The van der Waals surface area contributed by atoms with E-state index in [1.807, 2.05) is 0 Å². The Balaban J connectivity index is 2.62. The molecule has 1 saturated heterocycles. The van der Waals surface area contributed by atoms with Crippen LogP contribution in [0.15, 0.2) is 0 Å². The van der Waals surface area contributed by atoms with Crippen LogP contribution in [-0.4, -0.2) is 63.5 Å². The zero-order valence-corrected chi connectivity index (χ0v) is 15.8. The van der Waals surface area contributed by atoms with E-state index in [1.165, 1.54) is 0 Å². The number of rotatable bonds is 9. The van der Waals surface area contributed by atoms with Gasteiger partial charge in [-0.25, -0.2) is 17.2 Å². The highest BCUT2D eigenvalue weighted by Crippen LogP contribution is 2.36. The molecule has 5 nitrogen and oxygen atoms in total. The van der Waals surface area contributed by atoms with Crippen LogP contribution in [0.5, 0.6) is 0 Å². The molecule has 1 aliphatic heterocycles. The minimum atomic E-state index is -5.36. The van der Waals surface area contributed by atoms with Crippen LogP contribution < -0.4 is 0 Å². The van der Waals surface area contributed by atoms with Gasteiger partial charge in [-0.05, 0) is 25.2 Å². The van der Waals surface area contributed by atoms with Crippen molar-refractivity contribution in [3.63, 3.8) is 0 Å². The van der Waals surface area contributed by atoms with Gasteiger partial charge < -0.3 is 9.47 Å². The van der Waals surface area contributed by atoms with Gasteiger partial charge >= 0.3 is 18.3 Å². The summed E-state index contributed by atoms with van der Waals surface area (Å²) >= 11 is 0. The molecule has 1 fully saturated rings. The van der Waals surface area contributed by atoms with Gasteiger partial charge in [0, 0.05) is 6.61 Å². The first-order valence-corrected chi connectivity index (χ1v) is 10.3. The van der Waals surface area contributed by atoms with E-state index >= 15 is 0 Å². The average Bonchev–Trinajstić information content (AvgIpc) is 2.47. The monoisotopic (exact) mass is 464 g/mol. The van der Waals surface area contributed by atoms with Crippen LogP contribution in [0.1, 0.15) is 32.1 Å². The largest absolute Gasteiger partial charge is 0.453 e. The molecule has 1 atom stereocenters. The molecule has 1 unspecified atom stereocenters. The van der Waals surface area contributed by atoms with Crippen molar-refractivity contribution in [2.45, 2.75) is 56.5 Å². The fourth-order valence-electron chi connectivity index (χ4n) is 2.66. The smallest absolute Gasteiger partial charge is 0.399 e. The molecule has 172 valence electrons. The number of hydrogen-bond acceptors (Lipinski definition) is 5. The van der Waals surface area contributed by atoms with E-state index in [4.69, 9.17) is 4.74 Å². The van der Waals surface area contributed by atoms with Gasteiger partial charge in [-0.3, -0.25) is 4.79 Å². The Morgan fingerprint density at radius 3 is 2.00 bits per heavy atom. The molecule has 0 radical (unpaired) electrons. The maximum Gasteiger partial charge on any atom is 0.399 e. The predicted molar refractivity (Wildman–Crippen MR) is 83.0 cm³/mol. The molecule has 1 rings (SSSR count). The number of esters is 1. The maximum absolute atomic E-state index is 13.8. The Morgan fingerprint density at radius 2 is 1.52 bits per heavy atom. The first kappa shape index (κ1) is 25.9. The lowest BCUT2D eigenvalue weighted by Gasteiger charge is -2.28. The van der Waals surface area contributed by atoms with Crippen molar-refractivity contribution in [1.82, 2.24) is 0 Å². The SMILES string of the molecule is O=C(CC(F)(F)F)OC(COCCC1CCS(=O)(=O)CC1)C(F)(F)CC(F)(F)F. The van der Waals surface area contributed by atoms with Gasteiger partial charge in [-0.1, -0.05) is 0 Å². The third kappa shape index (κ3) is 11.0. The average molecular weight is 464 g/mol.